The van der Waals surface area contributed by atoms with Gasteiger partial charge in [0, 0.05) is 31.5 Å². The summed E-state index contributed by atoms with van der Waals surface area (Å²) in [5.41, 5.74) is 2.67. The van der Waals surface area contributed by atoms with Crippen molar-refractivity contribution in [2.24, 2.45) is 0 Å². The van der Waals surface area contributed by atoms with E-state index in [2.05, 4.69) is 5.32 Å². The fourth-order valence-electron chi connectivity index (χ4n) is 4.63. The molecule has 1 atom stereocenters. The first-order chi connectivity index (χ1) is 19.2. The lowest BCUT2D eigenvalue weighted by Crippen LogP contribution is -2.54. The van der Waals surface area contributed by atoms with Crippen molar-refractivity contribution in [1.29, 1.82) is 0 Å². The third-order valence-electron chi connectivity index (χ3n) is 6.47. The predicted molar refractivity (Wildman–Crippen MR) is 161 cm³/mol. The molecule has 0 aromatic heterocycles. The summed E-state index contributed by atoms with van der Waals surface area (Å²) in [4.78, 5) is 29.1. The molecule has 7 nitrogen and oxygen atoms in total. The number of sulfonamides is 1. The lowest BCUT2D eigenvalue weighted by atomic mass is 10.00. The molecule has 3 aromatic carbocycles. The third-order valence-corrected chi connectivity index (χ3v) is 7.67. The Bertz CT molecular complexity index is 1420. The van der Waals surface area contributed by atoms with Crippen LogP contribution in [0.15, 0.2) is 78.9 Å². The van der Waals surface area contributed by atoms with E-state index in [4.69, 9.17) is 0 Å². The molecule has 0 radical (unpaired) electrons. The van der Waals surface area contributed by atoms with E-state index in [0.29, 0.717) is 12.1 Å². The Hall–Kier alpha value is -3.72. The van der Waals surface area contributed by atoms with Gasteiger partial charge in [0.15, 0.2) is 0 Å². The Morgan fingerprint density at radius 2 is 1.56 bits per heavy atom. The second-order valence-corrected chi connectivity index (χ2v) is 13.3. The first-order valence-electron chi connectivity index (χ1n) is 13.7. The highest BCUT2D eigenvalue weighted by Crippen LogP contribution is 2.21. The van der Waals surface area contributed by atoms with Crippen molar-refractivity contribution in [1.82, 2.24) is 10.2 Å². The van der Waals surface area contributed by atoms with Gasteiger partial charge in [0.1, 0.15) is 11.9 Å². The van der Waals surface area contributed by atoms with Crippen molar-refractivity contribution < 1.29 is 22.4 Å². The molecule has 1 N–H and O–H groups in total. The summed E-state index contributed by atoms with van der Waals surface area (Å²) >= 11 is 0. The number of hydrogen-bond donors (Lipinski definition) is 1. The van der Waals surface area contributed by atoms with Crippen LogP contribution in [0.3, 0.4) is 0 Å². The summed E-state index contributed by atoms with van der Waals surface area (Å²) in [6.07, 6.45) is 1.64. The van der Waals surface area contributed by atoms with Crippen LogP contribution < -0.4 is 9.62 Å². The van der Waals surface area contributed by atoms with Gasteiger partial charge in [-0.25, -0.2) is 12.8 Å². The number of rotatable bonds is 12. The van der Waals surface area contributed by atoms with E-state index < -0.39 is 27.4 Å². The topological polar surface area (TPSA) is 86.8 Å². The van der Waals surface area contributed by atoms with Gasteiger partial charge in [-0.3, -0.25) is 13.9 Å². The van der Waals surface area contributed by atoms with E-state index >= 15 is 0 Å². The van der Waals surface area contributed by atoms with E-state index in [9.17, 15) is 22.4 Å². The number of halogens is 1. The first-order valence-corrected chi connectivity index (χ1v) is 15.5. The minimum Gasteiger partial charge on any atom is -0.350 e. The molecular weight excluding hydrogens is 541 g/mol. The van der Waals surface area contributed by atoms with Crippen molar-refractivity contribution in [2.45, 2.75) is 65.1 Å². The van der Waals surface area contributed by atoms with Crippen LogP contribution in [-0.2, 0) is 32.6 Å². The molecule has 0 aliphatic carbocycles. The Balaban J connectivity index is 1.90. The highest BCUT2D eigenvalue weighted by atomic mass is 32.2. The van der Waals surface area contributed by atoms with Gasteiger partial charge in [0.25, 0.3) is 0 Å². The predicted octanol–water partition coefficient (Wildman–Crippen LogP) is 5.24. The number of aryl methyl sites for hydroxylation is 1. The van der Waals surface area contributed by atoms with Crippen LogP contribution in [0.5, 0.6) is 0 Å². The number of anilines is 1. The zero-order valence-corrected chi connectivity index (χ0v) is 25.2. The molecule has 3 rings (SSSR count). The van der Waals surface area contributed by atoms with Gasteiger partial charge in [-0.15, -0.1) is 0 Å². The molecule has 0 saturated heterocycles. The van der Waals surface area contributed by atoms with Crippen LogP contribution in [-0.4, -0.2) is 49.5 Å². The van der Waals surface area contributed by atoms with Crippen molar-refractivity contribution in [2.75, 3.05) is 17.1 Å². The molecule has 0 spiro atoms. The fraction of sp³-hybridized carbons (Fsp3) is 0.375. The Morgan fingerprint density at radius 1 is 0.927 bits per heavy atom. The molecule has 0 aliphatic heterocycles. The smallest absolute Gasteiger partial charge is 0.243 e. The second-order valence-electron chi connectivity index (χ2n) is 11.4. The van der Waals surface area contributed by atoms with Crippen LogP contribution in [0.4, 0.5) is 10.1 Å². The molecule has 0 saturated carbocycles. The average molecular weight is 582 g/mol. The van der Waals surface area contributed by atoms with E-state index in [1.165, 1.54) is 28.6 Å². The van der Waals surface area contributed by atoms with Gasteiger partial charge >= 0.3 is 0 Å². The summed E-state index contributed by atoms with van der Waals surface area (Å²) < 4.78 is 39.6. The minimum absolute atomic E-state index is 0.0210. The van der Waals surface area contributed by atoms with Crippen LogP contribution in [0.1, 0.15) is 50.3 Å². The molecule has 0 unspecified atom stereocenters. The molecule has 2 amide bonds. The number of hydrogen-bond acceptors (Lipinski definition) is 4. The summed E-state index contributed by atoms with van der Waals surface area (Å²) in [6.45, 7) is 7.92. The van der Waals surface area contributed by atoms with Gasteiger partial charge in [0.2, 0.25) is 21.8 Å². The largest absolute Gasteiger partial charge is 0.350 e. The van der Waals surface area contributed by atoms with Crippen LogP contribution in [0.25, 0.3) is 0 Å². The number of carbonyl (C=O) groups is 2. The highest BCUT2D eigenvalue weighted by molar-refractivity contribution is 7.92. The monoisotopic (exact) mass is 581 g/mol. The number of nitrogens with zero attached hydrogens (tertiary/aromatic N) is 2. The van der Waals surface area contributed by atoms with Crippen LogP contribution >= 0.6 is 0 Å². The molecule has 0 aliphatic rings. The van der Waals surface area contributed by atoms with E-state index in [1.807, 2.05) is 82.3 Å². The zero-order chi connectivity index (χ0) is 30.2. The molecule has 9 heteroatoms. The molecule has 220 valence electrons. The Morgan fingerprint density at radius 3 is 2.15 bits per heavy atom. The van der Waals surface area contributed by atoms with Crippen molar-refractivity contribution >= 4 is 27.5 Å². The van der Waals surface area contributed by atoms with Crippen molar-refractivity contribution in [3.8, 4) is 0 Å². The maximum atomic E-state index is 13.9. The lowest BCUT2D eigenvalue weighted by Gasteiger charge is -2.34. The zero-order valence-electron chi connectivity index (χ0n) is 24.4. The highest BCUT2D eigenvalue weighted by Gasteiger charge is 2.32. The summed E-state index contributed by atoms with van der Waals surface area (Å²) in [5.74, 6) is -0.988. The second kappa shape index (κ2) is 13.8. The van der Waals surface area contributed by atoms with Crippen LogP contribution in [0.2, 0.25) is 0 Å². The van der Waals surface area contributed by atoms with Crippen molar-refractivity contribution in [3.05, 3.63) is 101 Å². The van der Waals surface area contributed by atoms with E-state index in [-0.39, 0.29) is 37.7 Å². The van der Waals surface area contributed by atoms with E-state index in [1.54, 1.807) is 4.90 Å². The standard InChI is InChI=1S/C32H40FN3O4S/c1-24-11-9-14-26(21-24)23-35(29(31(38)34-32(2,3)4)22-25-12-7-6-8-13-25)30(37)15-10-20-36(41(5,39)40)28-18-16-27(33)17-19-28/h6-9,11-14,16-19,21,29H,10,15,20,22-23H2,1-5H3,(H,34,38)/t29-/m0/s1. The minimum atomic E-state index is -3.67. The van der Waals surface area contributed by atoms with Crippen LogP contribution in [0, 0.1) is 12.7 Å². The lowest BCUT2D eigenvalue weighted by molar-refractivity contribution is -0.142. The summed E-state index contributed by atoms with van der Waals surface area (Å²) in [6, 6.07) is 21.8. The maximum Gasteiger partial charge on any atom is 0.243 e. The van der Waals surface area contributed by atoms with Gasteiger partial charge in [-0.1, -0.05) is 60.2 Å². The Kier molecular flexibility index (Phi) is 10.7. The molecule has 3 aromatic rings. The molecular formula is C32H40FN3O4S. The van der Waals surface area contributed by atoms with E-state index in [0.717, 1.165) is 22.9 Å². The van der Waals surface area contributed by atoms with Gasteiger partial charge < -0.3 is 10.2 Å². The quantitative estimate of drug-likeness (QED) is 0.317. The molecule has 41 heavy (non-hydrogen) atoms. The van der Waals surface area contributed by atoms with Gasteiger partial charge in [-0.05, 0) is 69.5 Å². The number of amides is 2. The molecule has 0 heterocycles. The molecule has 0 fully saturated rings. The number of carbonyl (C=O) groups excluding carboxylic acids is 2. The SMILES string of the molecule is Cc1cccc(CN(C(=O)CCCN(c2ccc(F)cc2)S(C)(=O)=O)[C@@H](Cc2ccccc2)C(=O)NC(C)(C)C)c1. The molecule has 0 bridgehead atoms. The van der Waals surface area contributed by atoms with Crippen molar-refractivity contribution in [3.63, 3.8) is 0 Å². The average Bonchev–Trinajstić information content (AvgIpc) is 2.88. The number of nitrogens with one attached hydrogen (secondary N) is 1. The Labute approximate surface area is 243 Å². The first kappa shape index (κ1) is 31.8. The summed E-state index contributed by atoms with van der Waals surface area (Å²) in [5, 5.41) is 3.04. The maximum absolute atomic E-state index is 13.9. The summed E-state index contributed by atoms with van der Waals surface area (Å²) in [7, 11) is -3.67. The third kappa shape index (κ3) is 10.0. The normalized spacial score (nSPS) is 12.4. The fourth-order valence-corrected chi connectivity index (χ4v) is 5.59. The van der Waals surface area contributed by atoms with Gasteiger partial charge in [-0.2, -0.15) is 0 Å². The van der Waals surface area contributed by atoms with Gasteiger partial charge in [0.05, 0.1) is 11.9 Å². The number of benzene rings is 3.